The molecule has 0 aliphatic carbocycles. The summed E-state index contributed by atoms with van der Waals surface area (Å²) in [5, 5.41) is 5.81. The molecule has 2 heterocycles. The normalized spacial score (nSPS) is 13.5. The Hall–Kier alpha value is -0.910. The fraction of sp³-hybridized carbons (Fsp3) is 0.643. The van der Waals surface area contributed by atoms with Gasteiger partial charge in [0, 0.05) is 49.0 Å². The van der Waals surface area contributed by atoms with E-state index in [2.05, 4.69) is 45.8 Å². The summed E-state index contributed by atoms with van der Waals surface area (Å²) in [5.41, 5.74) is 1.35. The highest BCUT2D eigenvalue weighted by Gasteiger charge is 2.07. The average molecular weight is 280 g/mol. The number of thiazole rings is 1. The molecule has 0 spiro atoms. The van der Waals surface area contributed by atoms with Crippen molar-refractivity contribution in [2.75, 3.05) is 26.2 Å². The molecule has 1 unspecified atom stereocenters. The molecule has 2 aromatic heterocycles. The molecule has 0 saturated carbocycles. The zero-order chi connectivity index (χ0) is 13.7. The monoisotopic (exact) mass is 280 g/mol. The molecular weight excluding hydrogens is 256 g/mol. The fourth-order valence-electron chi connectivity index (χ4n) is 2.33. The van der Waals surface area contributed by atoms with E-state index >= 15 is 0 Å². The molecule has 1 N–H and O–H groups in total. The lowest BCUT2D eigenvalue weighted by Gasteiger charge is -2.23. The van der Waals surface area contributed by atoms with Gasteiger partial charge in [0.1, 0.15) is 0 Å². The van der Waals surface area contributed by atoms with E-state index in [4.69, 9.17) is 0 Å². The molecule has 0 aliphatic rings. The molecule has 4 nitrogen and oxygen atoms in total. The summed E-state index contributed by atoms with van der Waals surface area (Å²) in [6.45, 7) is 11.1. The van der Waals surface area contributed by atoms with Gasteiger partial charge in [-0.3, -0.25) is 4.40 Å². The predicted molar refractivity (Wildman–Crippen MR) is 82.0 cm³/mol. The maximum Gasteiger partial charge on any atom is 0.193 e. The van der Waals surface area contributed by atoms with Gasteiger partial charge < -0.3 is 10.2 Å². The van der Waals surface area contributed by atoms with E-state index in [1.807, 2.05) is 12.4 Å². The number of hydrogen-bond donors (Lipinski definition) is 1. The molecule has 5 heteroatoms. The zero-order valence-electron chi connectivity index (χ0n) is 12.1. The van der Waals surface area contributed by atoms with Crippen LogP contribution in [0.15, 0.2) is 17.8 Å². The van der Waals surface area contributed by atoms with Gasteiger partial charge in [-0.15, -0.1) is 11.3 Å². The number of hydrogen-bond acceptors (Lipinski definition) is 4. The number of nitrogens with zero attached hydrogens (tertiary/aromatic N) is 3. The van der Waals surface area contributed by atoms with E-state index in [0.717, 1.165) is 37.6 Å². The van der Waals surface area contributed by atoms with E-state index in [1.54, 1.807) is 11.3 Å². The van der Waals surface area contributed by atoms with Crippen LogP contribution in [0.3, 0.4) is 0 Å². The molecule has 106 valence electrons. The number of imidazole rings is 1. The molecule has 1 atom stereocenters. The van der Waals surface area contributed by atoms with Crippen LogP contribution in [0.4, 0.5) is 0 Å². The van der Waals surface area contributed by atoms with E-state index in [1.165, 1.54) is 5.69 Å². The van der Waals surface area contributed by atoms with Gasteiger partial charge in [0.05, 0.1) is 0 Å². The first kappa shape index (κ1) is 14.5. The topological polar surface area (TPSA) is 32.6 Å². The van der Waals surface area contributed by atoms with Crippen LogP contribution < -0.4 is 5.32 Å². The van der Waals surface area contributed by atoms with Gasteiger partial charge in [-0.1, -0.05) is 13.8 Å². The van der Waals surface area contributed by atoms with Crippen molar-refractivity contribution in [2.45, 2.75) is 33.2 Å². The Balaban J connectivity index is 1.76. The van der Waals surface area contributed by atoms with Crippen LogP contribution in [-0.4, -0.2) is 46.5 Å². The van der Waals surface area contributed by atoms with Crippen LogP contribution in [-0.2, 0) is 6.42 Å². The summed E-state index contributed by atoms with van der Waals surface area (Å²) in [6.07, 6.45) is 4.96. The largest absolute Gasteiger partial charge is 0.313 e. The van der Waals surface area contributed by atoms with Gasteiger partial charge in [-0.2, -0.15) is 0 Å². The third kappa shape index (κ3) is 3.78. The highest BCUT2D eigenvalue weighted by molar-refractivity contribution is 7.15. The SMILES string of the molecule is CCN(CC)CC(C)NCCc1csc2nccn12. The fourth-order valence-corrected chi connectivity index (χ4v) is 3.22. The number of nitrogens with one attached hydrogen (secondary N) is 1. The Morgan fingerprint density at radius 3 is 2.95 bits per heavy atom. The minimum Gasteiger partial charge on any atom is -0.313 e. The lowest BCUT2D eigenvalue weighted by molar-refractivity contribution is 0.272. The van der Waals surface area contributed by atoms with Crippen molar-refractivity contribution >= 4 is 16.3 Å². The quantitative estimate of drug-likeness (QED) is 0.805. The summed E-state index contributed by atoms with van der Waals surface area (Å²) in [5.74, 6) is 0. The first-order chi connectivity index (χ1) is 9.24. The molecule has 19 heavy (non-hydrogen) atoms. The third-order valence-corrected chi connectivity index (χ3v) is 4.42. The van der Waals surface area contributed by atoms with Crippen LogP contribution in [0.1, 0.15) is 26.5 Å². The molecule has 0 amide bonds. The van der Waals surface area contributed by atoms with Gasteiger partial charge in [0.25, 0.3) is 0 Å². The zero-order valence-corrected chi connectivity index (χ0v) is 12.9. The van der Waals surface area contributed by atoms with Crippen LogP contribution in [0, 0.1) is 0 Å². The van der Waals surface area contributed by atoms with Crippen LogP contribution >= 0.6 is 11.3 Å². The van der Waals surface area contributed by atoms with E-state index < -0.39 is 0 Å². The summed E-state index contributed by atoms with van der Waals surface area (Å²) in [7, 11) is 0. The number of fused-ring (bicyclic) bond motifs is 1. The van der Waals surface area contributed by atoms with E-state index in [-0.39, 0.29) is 0 Å². The molecule has 0 bridgehead atoms. The average Bonchev–Trinajstić information content (AvgIpc) is 3.00. The molecule has 0 aliphatic heterocycles. The number of rotatable bonds is 8. The molecular formula is C14H24N4S. The molecule has 2 aromatic rings. The second-order valence-electron chi connectivity index (χ2n) is 4.90. The molecule has 0 fully saturated rings. The highest BCUT2D eigenvalue weighted by atomic mass is 32.1. The standard InChI is InChI=1S/C14H24N4S/c1-4-17(5-2)10-12(3)15-7-6-13-11-19-14-16-8-9-18(13)14/h8-9,11-12,15H,4-7,10H2,1-3H3. The van der Waals surface area contributed by atoms with Crippen molar-refractivity contribution in [2.24, 2.45) is 0 Å². The minimum absolute atomic E-state index is 0.539. The van der Waals surface area contributed by atoms with Crippen LogP contribution in [0.25, 0.3) is 4.96 Å². The second-order valence-corrected chi connectivity index (χ2v) is 5.73. The van der Waals surface area contributed by atoms with Crippen LogP contribution in [0.2, 0.25) is 0 Å². The van der Waals surface area contributed by atoms with Gasteiger partial charge >= 0.3 is 0 Å². The Bertz CT molecular complexity index is 486. The Morgan fingerprint density at radius 2 is 2.21 bits per heavy atom. The molecule has 0 radical (unpaired) electrons. The van der Waals surface area contributed by atoms with Crippen molar-refractivity contribution in [3.05, 3.63) is 23.5 Å². The van der Waals surface area contributed by atoms with Gasteiger partial charge in [0.2, 0.25) is 0 Å². The maximum atomic E-state index is 4.30. The Morgan fingerprint density at radius 1 is 1.42 bits per heavy atom. The third-order valence-electron chi connectivity index (χ3n) is 3.52. The summed E-state index contributed by atoms with van der Waals surface area (Å²) < 4.78 is 2.18. The number of likely N-dealkylation sites (N-methyl/N-ethyl adjacent to an activating group) is 1. The number of aromatic nitrogens is 2. The Labute approximate surface area is 119 Å². The summed E-state index contributed by atoms with van der Waals surface area (Å²) in [6, 6.07) is 0.539. The lowest BCUT2D eigenvalue weighted by atomic mass is 10.2. The van der Waals surface area contributed by atoms with Crippen molar-refractivity contribution in [3.63, 3.8) is 0 Å². The predicted octanol–water partition coefficient (Wildman–Crippen LogP) is 2.26. The minimum atomic E-state index is 0.539. The van der Waals surface area contributed by atoms with E-state index in [0.29, 0.717) is 6.04 Å². The second kappa shape index (κ2) is 7.03. The summed E-state index contributed by atoms with van der Waals surface area (Å²) >= 11 is 1.71. The van der Waals surface area contributed by atoms with Crippen molar-refractivity contribution in [1.29, 1.82) is 0 Å². The van der Waals surface area contributed by atoms with Crippen molar-refractivity contribution in [3.8, 4) is 0 Å². The van der Waals surface area contributed by atoms with Crippen LogP contribution in [0.5, 0.6) is 0 Å². The molecule has 2 rings (SSSR count). The molecule has 0 aromatic carbocycles. The van der Waals surface area contributed by atoms with Gasteiger partial charge in [-0.25, -0.2) is 4.98 Å². The van der Waals surface area contributed by atoms with Crippen molar-refractivity contribution in [1.82, 2.24) is 19.6 Å². The highest BCUT2D eigenvalue weighted by Crippen LogP contribution is 2.14. The first-order valence-electron chi connectivity index (χ1n) is 7.09. The summed E-state index contributed by atoms with van der Waals surface area (Å²) in [4.78, 5) is 7.84. The smallest absolute Gasteiger partial charge is 0.193 e. The van der Waals surface area contributed by atoms with Gasteiger partial charge in [-0.05, 0) is 20.0 Å². The lowest BCUT2D eigenvalue weighted by Crippen LogP contribution is -2.39. The molecule has 0 saturated heterocycles. The first-order valence-corrected chi connectivity index (χ1v) is 7.97. The Kier molecular flexibility index (Phi) is 5.36. The van der Waals surface area contributed by atoms with Crippen molar-refractivity contribution < 1.29 is 0 Å². The van der Waals surface area contributed by atoms with Gasteiger partial charge in [0.15, 0.2) is 4.96 Å². The van der Waals surface area contributed by atoms with E-state index in [9.17, 15) is 0 Å². The maximum absolute atomic E-state index is 4.30.